The van der Waals surface area contributed by atoms with E-state index in [1.807, 2.05) is 32.0 Å². The van der Waals surface area contributed by atoms with Crippen molar-refractivity contribution in [2.45, 2.75) is 26.9 Å². The smallest absolute Gasteiger partial charge is 0.159 e. The fraction of sp³-hybridized carbons (Fsp3) is 0.286. The number of halogens is 1. The molecule has 0 saturated heterocycles. The van der Waals surface area contributed by atoms with Gasteiger partial charge in [0.25, 0.3) is 0 Å². The van der Waals surface area contributed by atoms with E-state index < -0.39 is 6.10 Å². The highest BCUT2D eigenvalue weighted by atomic mass is 79.9. The first-order chi connectivity index (χ1) is 8.49. The van der Waals surface area contributed by atoms with E-state index in [-0.39, 0.29) is 0 Å². The van der Waals surface area contributed by atoms with Crippen molar-refractivity contribution in [3.05, 3.63) is 45.7 Å². The van der Waals surface area contributed by atoms with Crippen molar-refractivity contribution in [3.63, 3.8) is 0 Å². The summed E-state index contributed by atoms with van der Waals surface area (Å²) in [5, 5.41) is 9.56. The molecule has 1 aromatic carbocycles. The third-order valence-corrected chi connectivity index (χ3v) is 3.75. The molecule has 0 radical (unpaired) electrons. The SMILES string of the molecule is Cc1ccc(-c2ncc([C@H](C)O)c(C)n2)cc1Br. The molecule has 0 aliphatic heterocycles. The lowest BCUT2D eigenvalue weighted by atomic mass is 10.1. The zero-order valence-corrected chi connectivity index (χ0v) is 12.2. The molecule has 2 aromatic rings. The Morgan fingerprint density at radius 1 is 1.28 bits per heavy atom. The molecule has 1 heterocycles. The summed E-state index contributed by atoms with van der Waals surface area (Å²) in [6.07, 6.45) is 1.15. The van der Waals surface area contributed by atoms with Gasteiger partial charge in [0.1, 0.15) is 0 Å². The van der Waals surface area contributed by atoms with Crippen molar-refractivity contribution >= 4 is 15.9 Å². The van der Waals surface area contributed by atoms with E-state index in [0.29, 0.717) is 5.82 Å². The van der Waals surface area contributed by atoms with Crippen LogP contribution in [-0.2, 0) is 0 Å². The Morgan fingerprint density at radius 3 is 2.56 bits per heavy atom. The predicted octanol–water partition coefficient (Wildman–Crippen LogP) is 3.58. The number of hydrogen-bond donors (Lipinski definition) is 1. The van der Waals surface area contributed by atoms with Gasteiger partial charge in [0, 0.05) is 27.5 Å². The van der Waals surface area contributed by atoms with Gasteiger partial charge in [-0.3, -0.25) is 0 Å². The molecule has 18 heavy (non-hydrogen) atoms. The molecule has 1 aromatic heterocycles. The molecule has 0 aliphatic rings. The summed E-state index contributed by atoms with van der Waals surface area (Å²) >= 11 is 3.50. The van der Waals surface area contributed by atoms with E-state index in [1.54, 1.807) is 13.1 Å². The van der Waals surface area contributed by atoms with Gasteiger partial charge < -0.3 is 5.11 Å². The number of aryl methyl sites for hydroxylation is 2. The predicted molar refractivity (Wildman–Crippen MR) is 75.3 cm³/mol. The average molecular weight is 307 g/mol. The van der Waals surface area contributed by atoms with Gasteiger partial charge in [-0.2, -0.15) is 0 Å². The highest BCUT2D eigenvalue weighted by molar-refractivity contribution is 9.10. The first-order valence-electron chi connectivity index (χ1n) is 5.77. The topological polar surface area (TPSA) is 46.0 Å². The highest BCUT2D eigenvalue weighted by Crippen LogP contribution is 2.24. The largest absolute Gasteiger partial charge is 0.389 e. The molecule has 0 bridgehead atoms. The van der Waals surface area contributed by atoms with E-state index in [2.05, 4.69) is 25.9 Å². The standard InChI is InChI=1S/C14H15BrN2O/c1-8-4-5-11(6-13(8)15)14-16-7-12(10(3)18)9(2)17-14/h4-7,10,18H,1-3H3/t10-/m0/s1. The summed E-state index contributed by atoms with van der Waals surface area (Å²) in [4.78, 5) is 8.75. The normalized spacial score (nSPS) is 12.5. The molecule has 3 nitrogen and oxygen atoms in total. The molecule has 0 saturated carbocycles. The van der Waals surface area contributed by atoms with E-state index in [9.17, 15) is 5.11 Å². The van der Waals surface area contributed by atoms with Crippen LogP contribution in [-0.4, -0.2) is 15.1 Å². The summed E-state index contributed by atoms with van der Waals surface area (Å²) in [5.41, 5.74) is 3.72. The van der Waals surface area contributed by atoms with Crippen molar-refractivity contribution in [2.24, 2.45) is 0 Å². The number of aliphatic hydroxyl groups is 1. The molecule has 0 unspecified atom stereocenters. The summed E-state index contributed by atoms with van der Waals surface area (Å²) in [5.74, 6) is 0.678. The molecule has 0 aliphatic carbocycles. The van der Waals surface area contributed by atoms with E-state index >= 15 is 0 Å². The zero-order chi connectivity index (χ0) is 13.3. The van der Waals surface area contributed by atoms with E-state index in [4.69, 9.17) is 0 Å². The molecule has 1 atom stereocenters. The van der Waals surface area contributed by atoms with Crippen LogP contribution >= 0.6 is 15.9 Å². The molecule has 0 spiro atoms. The number of nitrogens with zero attached hydrogens (tertiary/aromatic N) is 2. The maximum atomic E-state index is 9.56. The molecular formula is C14H15BrN2O. The van der Waals surface area contributed by atoms with Crippen molar-refractivity contribution in [3.8, 4) is 11.4 Å². The van der Waals surface area contributed by atoms with Crippen molar-refractivity contribution in [2.75, 3.05) is 0 Å². The minimum Gasteiger partial charge on any atom is -0.389 e. The quantitative estimate of drug-likeness (QED) is 0.922. The summed E-state index contributed by atoms with van der Waals surface area (Å²) in [6, 6.07) is 6.03. The molecule has 94 valence electrons. The molecule has 0 fully saturated rings. The number of rotatable bonds is 2. The lowest BCUT2D eigenvalue weighted by Crippen LogP contribution is -2.01. The molecule has 4 heteroatoms. The van der Waals surface area contributed by atoms with Gasteiger partial charge >= 0.3 is 0 Å². The Morgan fingerprint density at radius 2 is 2.00 bits per heavy atom. The second kappa shape index (κ2) is 5.16. The first kappa shape index (κ1) is 13.2. The van der Waals surface area contributed by atoms with Gasteiger partial charge in [0.15, 0.2) is 5.82 Å². The van der Waals surface area contributed by atoms with Gasteiger partial charge in [-0.05, 0) is 32.4 Å². The maximum Gasteiger partial charge on any atom is 0.159 e. The van der Waals surface area contributed by atoms with E-state index in [1.165, 1.54) is 5.56 Å². The van der Waals surface area contributed by atoms with Crippen LogP contribution < -0.4 is 0 Å². The Labute approximate surface area is 115 Å². The lowest BCUT2D eigenvalue weighted by Gasteiger charge is -2.09. The Bertz CT molecular complexity index is 582. The van der Waals surface area contributed by atoms with Gasteiger partial charge in [-0.25, -0.2) is 9.97 Å². The third-order valence-electron chi connectivity index (χ3n) is 2.90. The molecular weight excluding hydrogens is 292 g/mol. The number of aliphatic hydroxyl groups excluding tert-OH is 1. The fourth-order valence-electron chi connectivity index (χ4n) is 1.76. The summed E-state index contributed by atoms with van der Waals surface area (Å²) < 4.78 is 1.04. The minimum atomic E-state index is -0.538. The van der Waals surface area contributed by atoms with Crippen molar-refractivity contribution < 1.29 is 5.11 Å². The summed E-state index contributed by atoms with van der Waals surface area (Å²) in [7, 11) is 0. The third kappa shape index (κ3) is 2.60. The molecule has 1 N–H and O–H groups in total. The molecule has 2 rings (SSSR count). The van der Waals surface area contributed by atoms with Crippen LogP contribution in [0.25, 0.3) is 11.4 Å². The zero-order valence-electron chi connectivity index (χ0n) is 10.6. The van der Waals surface area contributed by atoms with Gasteiger partial charge in [0.2, 0.25) is 0 Å². The lowest BCUT2D eigenvalue weighted by molar-refractivity contribution is 0.197. The van der Waals surface area contributed by atoms with Crippen LogP contribution in [0.4, 0.5) is 0 Å². The van der Waals surface area contributed by atoms with E-state index in [0.717, 1.165) is 21.3 Å². The summed E-state index contributed by atoms with van der Waals surface area (Å²) in [6.45, 7) is 5.64. The Kier molecular flexibility index (Phi) is 3.78. The Hall–Kier alpha value is -1.26. The fourth-order valence-corrected chi connectivity index (χ4v) is 2.14. The second-order valence-electron chi connectivity index (χ2n) is 4.37. The number of hydrogen-bond acceptors (Lipinski definition) is 3. The molecule has 0 amide bonds. The van der Waals surface area contributed by atoms with Crippen LogP contribution in [0.5, 0.6) is 0 Å². The van der Waals surface area contributed by atoms with Gasteiger partial charge in [-0.1, -0.05) is 28.1 Å². The highest BCUT2D eigenvalue weighted by Gasteiger charge is 2.09. The van der Waals surface area contributed by atoms with Crippen LogP contribution in [0.2, 0.25) is 0 Å². The maximum absolute atomic E-state index is 9.56. The van der Waals surface area contributed by atoms with Crippen molar-refractivity contribution in [1.29, 1.82) is 0 Å². The second-order valence-corrected chi connectivity index (χ2v) is 5.23. The number of benzene rings is 1. The van der Waals surface area contributed by atoms with Crippen LogP contribution in [0.1, 0.15) is 29.8 Å². The van der Waals surface area contributed by atoms with Gasteiger partial charge in [-0.15, -0.1) is 0 Å². The minimum absolute atomic E-state index is 0.538. The van der Waals surface area contributed by atoms with Crippen molar-refractivity contribution in [1.82, 2.24) is 9.97 Å². The average Bonchev–Trinajstić information content (AvgIpc) is 2.32. The van der Waals surface area contributed by atoms with Gasteiger partial charge in [0.05, 0.1) is 6.10 Å². The van der Waals surface area contributed by atoms with Crippen LogP contribution in [0.3, 0.4) is 0 Å². The van der Waals surface area contributed by atoms with Crippen LogP contribution in [0, 0.1) is 13.8 Å². The Balaban J connectivity index is 2.45. The van der Waals surface area contributed by atoms with Crippen LogP contribution in [0.15, 0.2) is 28.9 Å². The first-order valence-corrected chi connectivity index (χ1v) is 6.56. The monoisotopic (exact) mass is 306 g/mol. The number of aromatic nitrogens is 2.